The molecule has 1 heterocycles. The first kappa shape index (κ1) is 12.8. The number of hydrogen-bond acceptors (Lipinski definition) is 5. The van der Waals surface area contributed by atoms with E-state index >= 15 is 0 Å². The van der Waals surface area contributed by atoms with Crippen LogP contribution in [0.25, 0.3) is 0 Å². The standard InChI is InChI=1S/C13H18N4S/c1-8(2)12-16-13(18-17-12)15-9(3)10-6-4-5-7-11(10)14/h4-9H,14H2,1-3H3,(H,15,16,17). The van der Waals surface area contributed by atoms with Crippen LogP contribution in [0.4, 0.5) is 10.8 Å². The van der Waals surface area contributed by atoms with E-state index in [4.69, 9.17) is 5.73 Å². The van der Waals surface area contributed by atoms with Crippen LogP contribution in [0.3, 0.4) is 0 Å². The normalized spacial score (nSPS) is 12.7. The lowest BCUT2D eigenvalue weighted by Gasteiger charge is -2.14. The van der Waals surface area contributed by atoms with E-state index in [1.165, 1.54) is 11.5 Å². The summed E-state index contributed by atoms with van der Waals surface area (Å²) < 4.78 is 4.32. The molecular weight excluding hydrogens is 244 g/mol. The molecule has 0 fully saturated rings. The van der Waals surface area contributed by atoms with E-state index in [2.05, 4.69) is 35.4 Å². The highest BCUT2D eigenvalue weighted by Crippen LogP contribution is 2.25. The summed E-state index contributed by atoms with van der Waals surface area (Å²) in [4.78, 5) is 4.46. The molecule has 5 heteroatoms. The van der Waals surface area contributed by atoms with Crippen molar-refractivity contribution < 1.29 is 0 Å². The summed E-state index contributed by atoms with van der Waals surface area (Å²) in [7, 11) is 0. The number of rotatable bonds is 4. The zero-order chi connectivity index (χ0) is 13.1. The van der Waals surface area contributed by atoms with Gasteiger partial charge in [0, 0.05) is 23.1 Å². The van der Waals surface area contributed by atoms with Crippen molar-refractivity contribution in [3.8, 4) is 0 Å². The van der Waals surface area contributed by atoms with E-state index in [9.17, 15) is 0 Å². The van der Waals surface area contributed by atoms with Gasteiger partial charge in [-0.15, -0.1) is 0 Å². The van der Waals surface area contributed by atoms with Crippen LogP contribution in [0.5, 0.6) is 0 Å². The fourth-order valence-corrected chi connectivity index (χ4v) is 2.49. The lowest BCUT2D eigenvalue weighted by Crippen LogP contribution is -2.08. The second-order valence-corrected chi connectivity index (χ2v) is 5.36. The summed E-state index contributed by atoms with van der Waals surface area (Å²) in [6, 6.07) is 7.99. The summed E-state index contributed by atoms with van der Waals surface area (Å²) in [5, 5.41) is 4.18. The fourth-order valence-electron chi connectivity index (χ4n) is 1.70. The lowest BCUT2D eigenvalue weighted by molar-refractivity contribution is 0.795. The summed E-state index contributed by atoms with van der Waals surface area (Å²) in [6.45, 7) is 6.25. The van der Waals surface area contributed by atoms with Crippen LogP contribution in [-0.2, 0) is 0 Å². The van der Waals surface area contributed by atoms with Crippen LogP contribution in [0, 0.1) is 0 Å². The molecule has 0 saturated heterocycles. The van der Waals surface area contributed by atoms with Crippen LogP contribution >= 0.6 is 11.5 Å². The Morgan fingerprint density at radius 2 is 1.94 bits per heavy atom. The van der Waals surface area contributed by atoms with Crippen molar-refractivity contribution in [3.05, 3.63) is 35.7 Å². The summed E-state index contributed by atoms with van der Waals surface area (Å²) in [6.07, 6.45) is 0. The maximum atomic E-state index is 5.96. The number of nitrogen functional groups attached to an aromatic ring is 1. The van der Waals surface area contributed by atoms with Crippen molar-refractivity contribution in [2.24, 2.45) is 0 Å². The molecule has 1 aromatic heterocycles. The van der Waals surface area contributed by atoms with E-state index in [-0.39, 0.29) is 6.04 Å². The van der Waals surface area contributed by atoms with Gasteiger partial charge >= 0.3 is 0 Å². The summed E-state index contributed by atoms with van der Waals surface area (Å²) in [5.41, 5.74) is 7.84. The highest BCUT2D eigenvalue weighted by Gasteiger charge is 2.12. The number of anilines is 2. The van der Waals surface area contributed by atoms with Crippen LogP contribution in [0.15, 0.2) is 24.3 Å². The SMILES string of the molecule is CC(C)c1nsc(NC(C)c2ccccc2N)n1. The molecule has 96 valence electrons. The fraction of sp³-hybridized carbons (Fsp3) is 0.385. The molecule has 0 radical (unpaired) electrons. The molecule has 2 rings (SSSR count). The molecular formula is C13H18N4S. The quantitative estimate of drug-likeness (QED) is 0.829. The van der Waals surface area contributed by atoms with Gasteiger partial charge in [0.1, 0.15) is 5.82 Å². The van der Waals surface area contributed by atoms with Gasteiger partial charge < -0.3 is 11.1 Å². The molecule has 1 aromatic carbocycles. The van der Waals surface area contributed by atoms with Gasteiger partial charge in [0.05, 0.1) is 6.04 Å². The zero-order valence-electron chi connectivity index (χ0n) is 10.8. The van der Waals surface area contributed by atoms with Crippen LogP contribution in [0.1, 0.15) is 44.1 Å². The van der Waals surface area contributed by atoms with E-state index < -0.39 is 0 Å². The molecule has 1 atom stereocenters. The number of hydrogen-bond donors (Lipinski definition) is 2. The molecule has 0 aliphatic carbocycles. The highest BCUT2D eigenvalue weighted by atomic mass is 32.1. The topological polar surface area (TPSA) is 63.8 Å². The van der Waals surface area contributed by atoms with Gasteiger partial charge in [0.2, 0.25) is 5.13 Å². The van der Waals surface area contributed by atoms with Crippen molar-refractivity contribution in [3.63, 3.8) is 0 Å². The lowest BCUT2D eigenvalue weighted by atomic mass is 10.1. The van der Waals surface area contributed by atoms with Gasteiger partial charge in [-0.1, -0.05) is 32.0 Å². The number of para-hydroxylation sites is 1. The van der Waals surface area contributed by atoms with Crippen molar-refractivity contribution in [2.75, 3.05) is 11.1 Å². The highest BCUT2D eigenvalue weighted by molar-refractivity contribution is 7.09. The molecule has 0 amide bonds. The van der Waals surface area contributed by atoms with Gasteiger partial charge in [0.15, 0.2) is 0 Å². The van der Waals surface area contributed by atoms with Gasteiger partial charge in [-0.3, -0.25) is 0 Å². The Morgan fingerprint density at radius 3 is 2.56 bits per heavy atom. The Labute approximate surface area is 111 Å². The predicted octanol–water partition coefficient (Wildman–Crippen LogP) is 3.42. The first-order valence-corrected chi connectivity index (χ1v) is 6.80. The van der Waals surface area contributed by atoms with Crippen LogP contribution in [0.2, 0.25) is 0 Å². The molecule has 4 nitrogen and oxygen atoms in total. The Morgan fingerprint density at radius 1 is 1.22 bits per heavy atom. The van der Waals surface area contributed by atoms with Crippen LogP contribution in [-0.4, -0.2) is 9.36 Å². The third kappa shape index (κ3) is 2.79. The number of nitrogens with two attached hydrogens (primary N) is 1. The second kappa shape index (κ2) is 5.35. The molecule has 2 aromatic rings. The van der Waals surface area contributed by atoms with E-state index in [1.54, 1.807) is 0 Å². The van der Waals surface area contributed by atoms with Gasteiger partial charge in [-0.05, 0) is 18.6 Å². The zero-order valence-corrected chi connectivity index (χ0v) is 11.7. The van der Waals surface area contributed by atoms with Crippen molar-refractivity contribution in [1.29, 1.82) is 0 Å². The molecule has 0 spiro atoms. The van der Waals surface area contributed by atoms with E-state index in [1.807, 2.05) is 24.3 Å². The minimum atomic E-state index is 0.124. The molecule has 0 saturated carbocycles. The first-order chi connectivity index (χ1) is 8.58. The molecule has 0 aliphatic rings. The third-order valence-corrected chi connectivity index (χ3v) is 3.42. The van der Waals surface area contributed by atoms with Gasteiger partial charge in [-0.25, -0.2) is 4.98 Å². The number of aromatic nitrogens is 2. The van der Waals surface area contributed by atoms with Gasteiger partial charge in [0.25, 0.3) is 0 Å². The number of nitrogens with zero attached hydrogens (tertiary/aromatic N) is 2. The molecule has 0 bridgehead atoms. The Balaban J connectivity index is 2.11. The average molecular weight is 262 g/mol. The number of nitrogens with one attached hydrogen (secondary N) is 1. The van der Waals surface area contributed by atoms with Crippen molar-refractivity contribution >= 4 is 22.4 Å². The molecule has 3 N–H and O–H groups in total. The van der Waals surface area contributed by atoms with E-state index in [0.29, 0.717) is 5.92 Å². The predicted molar refractivity (Wildman–Crippen MR) is 76.9 cm³/mol. The Hall–Kier alpha value is -1.62. The minimum absolute atomic E-state index is 0.124. The number of benzene rings is 1. The van der Waals surface area contributed by atoms with Crippen molar-refractivity contribution in [2.45, 2.75) is 32.7 Å². The summed E-state index contributed by atoms with van der Waals surface area (Å²) >= 11 is 1.39. The van der Waals surface area contributed by atoms with Gasteiger partial charge in [-0.2, -0.15) is 4.37 Å². The third-order valence-electron chi connectivity index (χ3n) is 2.76. The Bertz CT molecular complexity index is 521. The smallest absolute Gasteiger partial charge is 0.203 e. The van der Waals surface area contributed by atoms with E-state index in [0.717, 1.165) is 22.2 Å². The average Bonchev–Trinajstić information content (AvgIpc) is 2.78. The second-order valence-electron chi connectivity index (χ2n) is 4.61. The maximum absolute atomic E-state index is 5.96. The summed E-state index contributed by atoms with van der Waals surface area (Å²) in [5.74, 6) is 1.24. The van der Waals surface area contributed by atoms with Crippen molar-refractivity contribution in [1.82, 2.24) is 9.36 Å². The first-order valence-electron chi connectivity index (χ1n) is 6.02. The Kier molecular flexibility index (Phi) is 3.81. The minimum Gasteiger partial charge on any atom is -0.398 e. The molecule has 18 heavy (non-hydrogen) atoms. The molecule has 0 aliphatic heterocycles. The van der Waals surface area contributed by atoms with Crippen LogP contribution < -0.4 is 11.1 Å². The monoisotopic (exact) mass is 262 g/mol. The largest absolute Gasteiger partial charge is 0.398 e. The maximum Gasteiger partial charge on any atom is 0.203 e. The molecule has 1 unspecified atom stereocenters.